The molecule has 0 aliphatic carbocycles. The number of rotatable bonds is 4. The number of nitrogens with zero attached hydrogens (tertiary/aromatic N) is 1. The molecule has 1 aliphatic heterocycles. The molecule has 2 aromatic rings. The number of H-pyrrole nitrogens is 1. The van der Waals surface area contributed by atoms with Crippen molar-refractivity contribution in [2.75, 3.05) is 12.5 Å². The number of hydrogen-bond acceptors (Lipinski definition) is 4. The molecule has 1 aromatic heterocycles. The van der Waals surface area contributed by atoms with Crippen LogP contribution in [0.5, 0.6) is 11.5 Å². The highest BCUT2D eigenvalue weighted by Gasteiger charge is 2.18. The fourth-order valence-electron chi connectivity index (χ4n) is 2.30. The van der Waals surface area contributed by atoms with Crippen LogP contribution < -0.4 is 15.2 Å². The molecule has 1 aromatic carbocycles. The van der Waals surface area contributed by atoms with Gasteiger partial charge in [-0.2, -0.15) is 5.10 Å². The van der Waals surface area contributed by atoms with Crippen molar-refractivity contribution in [3.63, 3.8) is 0 Å². The lowest BCUT2D eigenvalue weighted by atomic mass is 10.0. The van der Waals surface area contributed by atoms with Crippen molar-refractivity contribution in [1.29, 1.82) is 0 Å². The highest BCUT2D eigenvalue weighted by Crippen LogP contribution is 2.38. The van der Waals surface area contributed by atoms with E-state index in [1.807, 2.05) is 18.2 Å². The SMILES string of the molecule is CCCCc1[nH]nc(N)c1-c1ccc2c(c1)OCO2. The van der Waals surface area contributed by atoms with Gasteiger partial charge in [-0.25, -0.2) is 0 Å². The zero-order valence-corrected chi connectivity index (χ0v) is 10.9. The molecule has 0 radical (unpaired) electrons. The van der Waals surface area contributed by atoms with Crippen molar-refractivity contribution < 1.29 is 9.47 Å². The van der Waals surface area contributed by atoms with Crippen LogP contribution in [0.2, 0.25) is 0 Å². The molecular weight excluding hydrogens is 242 g/mol. The highest BCUT2D eigenvalue weighted by atomic mass is 16.7. The van der Waals surface area contributed by atoms with Gasteiger partial charge in [-0.05, 0) is 30.5 Å². The molecule has 2 heterocycles. The van der Waals surface area contributed by atoms with E-state index < -0.39 is 0 Å². The molecule has 3 rings (SSSR count). The number of anilines is 1. The molecule has 0 unspecified atom stereocenters. The van der Waals surface area contributed by atoms with E-state index in [4.69, 9.17) is 15.2 Å². The number of benzene rings is 1. The predicted molar refractivity (Wildman–Crippen MR) is 73.2 cm³/mol. The van der Waals surface area contributed by atoms with Crippen molar-refractivity contribution in [1.82, 2.24) is 10.2 Å². The van der Waals surface area contributed by atoms with E-state index in [1.54, 1.807) is 0 Å². The van der Waals surface area contributed by atoms with E-state index in [-0.39, 0.29) is 6.79 Å². The summed E-state index contributed by atoms with van der Waals surface area (Å²) in [4.78, 5) is 0. The summed E-state index contributed by atoms with van der Waals surface area (Å²) >= 11 is 0. The van der Waals surface area contributed by atoms with Gasteiger partial charge in [-0.3, -0.25) is 5.10 Å². The Morgan fingerprint density at radius 1 is 1.32 bits per heavy atom. The van der Waals surface area contributed by atoms with Gasteiger partial charge in [0, 0.05) is 11.3 Å². The van der Waals surface area contributed by atoms with Crippen LogP contribution in [0, 0.1) is 0 Å². The van der Waals surface area contributed by atoms with Crippen LogP contribution in [0.25, 0.3) is 11.1 Å². The minimum atomic E-state index is 0.280. The molecule has 100 valence electrons. The Balaban J connectivity index is 1.99. The second-order valence-electron chi connectivity index (χ2n) is 4.63. The summed E-state index contributed by atoms with van der Waals surface area (Å²) in [5, 5.41) is 7.15. The van der Waals surface area contributed by atoms with Crippen LogP contribution in [-0.4, -0.2) is 17.0 Å². The average Bonchev–Trinajstić information content (AvgIpc) is 3.01. The molecule has 5 nitrogen and oxygen atoms in total. The summed E-state index contributed by atoms with van der Waals surface area (Å²) in [6.07, 6.45) is 3.20. The average molecular weight is 259 g/mol. The summed E-state index contributed by atoms with van der Waals surface area (Å²) in [6.45, 7) is 2.45. The molecule has 0 atom stereocenters. The quantitative estimate of drug-likeness (QED) is 0.885. The largest absolute Gasteiger partial charge is 0.454 e. The Morgan fingerprint density at radius 3 is 3.00 bits per heavy atom. The minimum absolute atomic E-state index is 0.280. The fraction of sp³-hybridized carbons (Fsp3) is 0.357. The van der Waals surface area contributed by atoms with E-state index in [0.717, 1.165) is 47.6 Å². The molecule has 0 amide bonds. The number of nitrogen functional groups attached to an aromatic ring is 1. The van der Waals surface area contributed by atoms with E-state index in [1.165, 1.54) is 0 Å². The Bertz CT molecular complexity index is 592. The molecule has 0 saturated carbocycles. The molecule has 0 fully saturated rings. The number of nitrogens with two attached hydrogens (primary N) is 1. The lowest BCUT2D eigenvalue weighted by Gasteiger charge is -2.05. The second kappa shape index (κ2) is 4.84. The van der Waals surface area contributed by atoms with Gasteiger partial charge in [0.15, 0.2) is 17.3 Å². The van der Waals surface area contributed by atoms with Crippen LogP contribution >= 0.6 is 0 Å². The van der Waals surface area contributed by atoms with E-state index >= 15 is 0 Å². The van der Waals surface area contributed by atoms with Crippen molar-refractivity contribution >= 4 is 5.82 Å². The molecule has 0 bridgehead atoms. The Morgan fingerprint density at radius 2 is 2.16 bits per heavy atom. The van der Waals surface area contributed by atoms with E-state index in [0.29, 0.717) is 5.82 Å². The summed E-state index contributed by atoms with van der Waals surface area (Å²) in [7, 11) is 0. The maximum Gasteiger partial charge on any atom is 0.231 e. The molecule has 3 N–H and O–H groups in total. The standard InChI is InChI=1S/C14H17N3O2/c1-2-3-4-10-13(14(15)17-16-10)9-5-6-11-12(7-9)19-8-18-11/h5-7H,2-4,8H2,1H3,(H3,15,16,17). The second-order valence-corrected chi connectivity index (χ2v) is 4.63. The number of aromatic nitrogens is 2. The Kier molecular flexibility index (Phi) is 3.03. The fourth-order valence-corrected chi connectivity index (χ4v) is 2.30. The van der Waals surface area contributed by atoms with Gasteiger partial charge in [0.1, 0.15) is 0 Å². The predicted octanol–water partition coefficient (Wildman–Crippen LogP) is 2.73. The number of fused-ring (bicyclic) bond motifs is 1. The third kappa shape index (κ3) is 2.12. The summed E-state index contributed by atoms with van der Waals surface area (Å²) in [6, 6.07) is 5.86. The highest BCUT2D eigenvalue weighted by molar-refractivity contribution is 5.78. The van der Waals surface area contributed by atoms with Crippen LogP contribution in [0.15, 0.2) is 18.2 Å². The van der Waals surface area contributed by atoms with Crippen LogP contribution in [0.4, 0.5) is 5.82 Å². The first kappa shape index (κ1) is 11.9. The summed E-state index contributed by atoms with van der Waals surface area (Å²) in [5.41, 5.74) is 9.05. The van der Waals surface area contributed by atoms with E-state index in [9.17, 15) is 0 Å². The van der Waals surface area contributed by atoms with Gasteiger partial charge >= 0.3 is 0 Å². The first-order valence-electron chi connectivity index (χ1n) is 6.52. The number of unbranched alkanes of at least 4 members (excludes halogenated alkanes) is 1. The lowest BCUT2D eigenvalue weighted by molar-refractivity contribution is 0.174. The zero-order valence-electron chi connectivity index (χ0n) is 10.9. The number of aromatic amines is 1. The van der Waals surface area contributed by atoms with Gasteiger partial charge in [-0.1, -0.05) is 19.4 Å². The number of ether oxygens (including phenoxy) is 2. The van der Waals surface area contributed by atoms with Crippen LogP contribution in [-0.2, 0) is 6.42 Å². The number of aryl methyl sites for hydroxylation is 1. The van der Waals surface area contributed by atoms with E-state index in [2.05, 4.69) is 17.1 Å². The van der Waals surface area contributed by atoms with Crippen molar-refractivity contribution in [3.05, 3.63) is 23.9 Å². The third-order valence-corrected chi connectivity index (χ3v) is 3.31. The molecule has 5 heteroatoms. The molecule has 1 aliphatic rings. The number of hydrogen-bond donors (Lipinski definition) is 2. The zero-order chi connectivity index (χ0) is 13.2. The summed E-state index contributed by atoms with van der Waals surface area (Å²) < 4.78 is 10.7. The topological polar surface area (TPSA) is 73.2 Å². The van der Waals surface area contributed by atoms with Gasteiger partial charge in [0.2, 0.25) is 6.79 Å². The minimum Gasteiger partial charge on any atom is -0.454 e. The van der Waals surface area contributed by atoms with Crippen LogP contribution in [0.3, 0.4) is 0 Å². The number of nitrogens with one attached hydrogen (secondary N) is 1. The lowest BCUT2D eigenvalue weighted by Crippen LogP contribution is -1.93. The van der Waals surface area contributed by atoms with Gasteiger partial charge < -0.3 is 15.2 Å². The maximum atomic E-state index is 5.98. The molecule has 19 heavy (non-hydrogen) atoms. The molecule has 0 saturated heterocycles. The van der Waals surface area contributed by atoms with Gasteiger partial charge in [-0.15, -0.1) is 0 Å². The monoisotopic (exact) mass is 259 g/mol. The molecular formula is C14H17N3O2. The smallest absolute Gasteiger partial charge is 0.231 e. The normalized spacial score (nSPS) is 12.9. The first-order chi connectivity index (χ1) is 9.29. The molecule has 0 spiro atoms. The van der Waals surface area contributed by atoms with Crippen molar-refractivity contribution in [3.8, 4) is 22.6 Å². The Labute approximate surface area is 111 Å². The third-order valence-electron chi connectivity index (χ3n) is 3.31. The Hall–Kier alpha value is -2.17. The van der Waals surface area contributed by atoms with Gasteiger partial charge in [0.05, 0.1) is 0 Å². The van der Waals surface area contributed by atoms with Crippen LogP contribution in [0.1, 0.15) is 25.5 Å². The maximum absolute atomic E-state index is 5.98. The van der Waals surface area contributed by atoms with Crippen molar-refractivity contribution in [2.24, 2.45) is 0 Å². The van der Waals surface area contributed by atoms with Crippen molar-refractivity contribution in [2.45, 2.75) is 26.2 Å². The van der Waals surface area contributed by atoms with Gasteiger partial charge in [0.25, 0.3) is 0 Å². The summed E-state index contributed by atoms with van der Waals surface area (Å²) in [5.74, 6) is 2.07. The first-order valence-corrected chi connectivity index (χ1v) is 6.52.